The summed E-state index contributed by atoms with van der Waals surface area (Å²) in [6.07, 6.45) is 0.970. The molecule has 1 radical (unpaired) electrons. The van der Waals surface area contributed by atoms with E-state index in [0.717, 1.165) is 12.2 Å². The molecule has 0 atom stereocenters. The van der Waals surface area contributed by atoms with Gasteiger partial charge >= 0.3 is 0 Å². The van der Waals surface area contributed by atoms with Crippen molar-refractivity contribution in [1.82, 2.24) is 0 Å². The Morgan fingerprint density at radius 3 is 2.50 bits per heavy atom. The first-order chi connectivity index (χ1) is 7.88. The maximum atomic E-state index is 3.25. The molecule has 0 saturated heterocycles. The molecule has 81 valence electrons. The predicted molar refractivity (Wildman–Crippen MR) is 70.9 cm³/mol. The number of rotatable bonds is 4. The van der Waals surface area contributed by atoms with Crippen molar-refractivity contribution in [2.45, 2.75) is 18.2 Å². The summed E-state index contributed by atoms with van der Waals surface area (Å²) in [6.45, 7) is 2.18. The molecule has 0 aliphatic carbocycles. The lowest BCUT2D eigenvalue weighted by atomic mass is 10.1. The van der Waals surface area contributed by atoms with Crippen molar-refractivity contribution in [2.24, 2.45) is 0 Å². The van der Waals surface area contributed by atoms with E-state index in [2.05, 4.69) is 49.4 Å². The average molecular weight is 227 g/mol. The van der Waals surface area contributed by atoms with E-state index in [-0.39, 0.29) is 0 Å². The molecule has 0 heterocycles. The predicted octanol–water partition coefficient (Wildman–Crippen LogP) is 4.19. The van der Waals surface area contributed by atoms with Crippen molar-refractivity contribution in [3.8, 4) is 0 Å². The van der Waals surface area contributed by atoms with E-state index in [1.165, 1.54) is 16.0 Å². The van der Waals surface area contributed by atoms with Crippen LogP contribution >= 0.6 is 11.8 Å². The minimum absolute atomic E-state index is 0.970. The van der Waals surface area contributed by atoms with Crippen LogP contribution in [0.2, 0.25) is 0 Å². The molecule has 0 saturated carbocycles. The number of hydrogen-bond acceptors (Lipinski definition) is 1. The summed E-state index contributed by atoms with van der Waals surface area (Å²) in [5, 5.41) is 0. The molecular weight excluding hydrogens is 212 g/mol. The van der Waals surface area contributed by atoms with Crippen molar-refractivity contribution < 1.29 is 0 Å². The minimum Gasteiger partial charge on any atom is -0.126 e. The van der Waals surface area contributed by atoms with Crippen molar-refractivity contribution in [3.05, 3.63) is 65.7 Å². The molecule has 2 aromatic carbocycles. The van der Waals surface area contributed by atoms with Crippen LogP contribution in [-0.4, -0.2) is 5.75 Å². The van der Waals surface area contributed by atoms with Crippen LogP contribution in [0.25, 0.3) is 0 Å². The standard InChI is InChI=1S/C15H15S/c1-2-16-15-10-8-14(9-11-15)12-13-6-4-3-5-7-13/h3-6,8-11H,2,12H2,1H3. The summed E-state index contributed by atoms with van der Waals surface area (Å²) >= 11 is 1.88. The number of thioether (sulfide) groups is 1. The summed E-state index contributed by atoms with van der Waals surface area (Å²) in [6, 6.07) is 20.2. The van der Waals surface area contributed by atoms with E-state index >= 15 is 0 Å². The highest BCUT2D eigenvalue weighted by Crippen LogP contribution is 2.18. The monoisotopic (exact) mass is 227 g/mol. The molecule has 0 aliphatic rings. The Morgan fingerprint density at radius 1 is 1.06 bits per heavy atom. The zero-order valence-corrected chi connectivity index (χ0v) is 10.3. The van der Waals surface area contributed by atoms with Crippen molar-refractivity contribution in [3.63, 3.8) is 0 Å². The second kappa shape index (κ2) is 5.76. The Kier molecular flexibility index (Phi) is 4.06. The number of benzene rings is 2. The van der Waals surface area contributed by atoms with E-state index in [4.69, 9.17) is 0 Å². The lowest BCUT2D eigenvalue weighted by Crippen LogP contribution is -1.87. The first-order valence-electron chi connectivity index (χ1n) is 5.56. The van der Waals surface area contributed by atoms with Gasteiger partial charge in [0.25, 0.3) is 0 Å². The zero-order chi connectivity index (χ0) is 11.2. The van der Waals surface area contributed by atoms with Crippen molar-refractivity contribution in [1.29, 1.82) is 0 Å². The number of hydrogen-bond donors (Lipinski definition) is 0. The molecule has 2 rings (SSSR count). The van der Waals surface area contributed by atoms with E-state index in [1.807, 2.05) is 23.9 Å². The lowest BCUT2D eigenvalue weighted by molar-refractivity contribution is 1.18. The minimum atomic E-state index is 0.970. The normalized spacial score (nSPS) is 10.3. The van der Waals surface area contributed by atoms with Crippen LogP contribution in [0, 0.1) is 6.07 Å². The molecule has 1 heteroatoms. The fraction of sp³-hybridized carbons (Fsp3) is 0.200. The Balaban J connectivity index is 2.05. The smallest absolute Gasteiger partial charge is 0.00720 e. The quantitative estimate of drug-likeness (QED) is 0.706. The van der Waals surface area contributed by atoms with Crippen LogP contribution in [-0.2, 0) is 6.42 Å². The Bertz CT molecular complexity index is 417. The molecule has 0 nitrogen and oxygen atoms in total. The summed E-state index contributed by atoms with van der Waals surface area (Å²) in [7, 11) is 0. The third-order valence-corrected chi connectivity index (χ3v) is 3.30. The highest BCUT2D eigenvalue weighted by atomic mass is 32.2. The van der Waals surface area contributed by atoms with E-state index in [9.17, 15) is 0 Å². The summed E-state index contributed by atoms with van der Waals surface area (Å²) in [4.78, 5) is 1.35. The third kappa shape index (κ3) is 3.14. The molecule has 16 heavy (non-hydrogen) atoms. The summed E-state index contributed by atoms with van der Waals surface area (Å²) in [5.74, 6) is 1.13. The van der Waals surface area contributed by atoms with Gasteiger partial charge in [0.1, 0.15) is 0 Å². The van der Waals surface area contributed by atoms with Gasteiger partial charge in [0, 0.05) is 4.90 Å². The van der Waals surface area contributed by atoms with Crippen LogP contribution in [0.1, 0.15) is 18.1 Å². The average Bonchev–Trinajstić information content (AvgIpc) is 2.33. The van der Waals surface area contributed by atoms with E-state index < -0.39 is 0 Å². The van der Waals surface area contributed by atoms with E-state index in [0.29, 0.717) is 0 Å². The van der Waals surface area contributed by atoms with Gasteiger partial charge in [-0.25, -0.2) is 0 Å². The van der Waals surface area contributed by atoms with Gasteiger partial charge < -0.3 is 0 Å². The van der Waals surface area contributed by atoms with Gasteiger partial charge in [0.05, 0.1) is 0 Å². The second-order valence-electron chi connectivity index (χ2n) is 3.64. The highest BCUT2D eigenvalue weighted by molar-refractivity contribution is 7.99. The van der Waals surface area contributed by atoms with Gasteiger partial charge in [0.15, 0.2) is 0 Å². The van der Waals surface area contributed by atoms with Crippen molar-refractivity contribution in [2.75, 3.05) is 5.75 Å². The molecule has 2 aromatic rings. The zero-order valence-electron chi connectivity index (χ0n) is 9.44. The van der Waals surface area contributed by atoms with Gasteiger partial charge in [0.2, 0.25) is 0 Å². The lowest BCUT2D eigenvalue weighted by Gasteiger charge is -2.03. The molecule has 0 unspecified atom stereocenters. The first kappa shape index (κ1) is 11.3. The van der Waals surface area contributed by atoms with Crippen LogP contribution in [0.4, 0.5) is 0 Å². The second-order valence-corrected chi connectivity index (χ2v) is 4.98. The topological polar surface area (TPSA) is 0 Å². The van der Waals surface area contributed by atoms with Crippen LogP contribution in [0.3, 0.4) is 0 Å². The first-order valence-corrected chi connectivity index (χ1v) is 6.54. The fourth-order valence-corrected chi connectivity index (χ4v) is 2.29. The molecule has 0 aromatic heterocycles. The molecule has 0 amide bonds. The van der Waals surface area contributed by atoms with Crippen LogP contribution in [0.5, 0.6) is 0 Å². The van der Waals surface area contributed by atoms with Crippen molar-refractivity contribution >= 4 is 11.8 Å². The fourth-order valence-electron chi connectivity index (χ4n) is 1.63. The summed E-state index contributed by atoms with van der Waals surface area (Å²) in [5.41, 5.74) is 2.60. The van der Waals surface area contributed by atoms with Crippen LogP contribution in [0.15, 0.2) is 53.4 Å². The van der Waals surface area contributed by atoms with Gasteiger partial charge in [-0.3, -0.25) is 0 Å². The highest BCUT2D eigenvalue weighted by Gasteiger charge is 1.96. The maximum absolute atomic E-state index is 3.25. The molecule has 0 bridgehead atoms. The largest absolute Gasteiger partial charge is 0.126 e. The third-order valence-electron chi connectivity index (χ3n) is 2.40. The van der Waals surface area contributed by atoms with Gasteiger partial charge in [-0.1, -0.05) is 43.3 Å². The SMILES string of the molecule is CCSc1ccc(Cc2[c]cccc2)cc1. The van der Waals surface area contributed by atoms with Gasteiger partial charge in [-0.05, 0) is 41.5 Å². The van der Waals surface area contributed by atoms with Gasteiger partial charge in [-0.15, -0.1) is 11.8 Å². The molecule has 0 fully saturated rings. The summed E-state index contributed by atoms with van der Waals surface area (Å²) < 4.78 is 0. The molecule has 0 spiro atoms. The van der Waals surface area contributed by atoms with E-state index in [1.54, 1.807) is 0 Å². The van der Waals surface area contributed by atoms with Gasteiger partial charge in [-0.2, -0.15) is 0 Å². The molecule has 0 N–H and O–H groups in total. The Morgan fingerprint density at radius 2 is 1.88 bits per heavy atom. The molecule has 0 aliphatic heterocycles. The molecular formula is C15H15S. The Labute approximate surface area is 102 Å². The van der Waals surface area contributed by atoms with Crippen LogP contribution < -0.4 is 0 Å². The maximum Gasteiger partial charge on any atom is 0.00720 e. The Hall–Kier alpha value is -1.21.